The van der Waals surface area contributed by atoms with Crippen molar-refractivity contribution >= 4 is 5.96 Å². The molecule has 1 fully saturated rings. The van der Waals surface area contributed by atoms with E-state index in [1.807, 2.05) is 7.05 Å². The summed E-state index contributed by atoms with van der Waals surface area (Å²) in [4.78, 5) is 6.70. The van der Waals surface area contributed by atoms with E-state index in [1.54, 1.807) is 0 Å². The van der Waals surface area contributed by atoms with Gasteiger partial charge in [-0.1, -0.05) is 29.8 Å². The molecule has 20 heavy (non-hydrogen) atoms. The minimum atomic E-state index is 0.632. The summed E-state index contributed by atoms with van der Waals surface area (Å²) in [5.74, 6) is 0.880. The topological polar surface area (TPSA) is 39.7 Å². The number of likely N-dealkylation sites (N-methyl/N-ethyl adjacent to an activating group) is 1. The molecule has 4 nitrogen and oxygen atoms in total. The molecule has 0 radical (unpaired) electrons. The molecule has 2 rings (SSSR count). The summed E-state index contributed by atoms with van der Waals surface area (Å²) in [5.41, 5.74) is 2.57. The average Bonchev–Trinajstić information content (AvgIpc) is 2.86. The Morgan fingerprint density at radius 3 is 2.65 bits per heavy atom. The van der Waals surface area contributed by atoms with Gasteiger partial charge in [0.15, 0.2) is 5.96 Å². The van der Waals surface area contributed by atoms with E-state index in [2.05, 4.69) is 58.8 Å². The fourth-order valence-corrected chi connectivity index (χ4v) is 2.56. The zero-order valence-corrected chi connectivity index (χ0v) is 12.8. The smallest absolute Gasteiger partial charge is 0.191 e. The molecule has 0 bridgehead atoms. The van der Waals surface area contributed by atoms with E-state index in [4.69, 9.17) is 0 Å². The quantitative estimate of drug-likeness (QED) is 0.649. The normalized spacial score (nSPS) is 20.1. The first-order valence-electron chi connectivity index (χ1n) is 7.39. The molecule has 1 aromatic rings. The summed E-state index contributed by atoms with van der Waals surface area (Å²) in [6.45, 7) is 5.09. The van der Waals surface area contributed by atoms with Crippen LogP contribution in [-0.4, -0.2) is 44.1 Å². The van der Waals surface area contributed by atoms with Crippen LogP contribution in [0.15, 0.2) is 29.3 Å². The number of benzene rings is 1. The second kappa shape index (κ2) is 7.29. The highest BCUT2D eigenvalue weighted by atomic mass is 15.2. The minimum Gasteiger partial charge on any atom is -0.355 e. The average molecular weight is 274 g/mol. The maximum Gasteiger partial charge on any atom is 0.191 e. The van der Waals surface area contributed by atoms with Gasteiger partial charge in [0.05, 0.1) is 0 Å². The molecule has 1 aliphatic heterocycles. The van der Waals surface area contributed by atoms with Crippen LogP contribution in [0.1, 0.15) is 24.0 Å². The van der Waals surface area contributed by atoms with E-state index in [9.17, 15) is 0 Å². The molecule has 2 N–H and O–H groups in total. The monoisotopic (exact) mass is 274 g/mol. The molecule has 1 aliphatic rings. The molecule has 1 aromatic carbocycles. The molecule has 0 spiro atoms. The number of guanidine groups is 1. The van der Waals surface area contributed by atoms with Crippen molar-refractivity contribution in [2.45, 2.75) is 32.4 Å². The van der Waals surface area contributed by atoms with Crippen molar-refractivity contribution in [3.63, 3.8) is 0 Å². The molecule has 1 unspecified atom stereocenters. The number of nitrogens with zero attached hydrogens (tertiary/aromatic N) is 2. The van der Waals surface area contributed by atoms with Crippen LogP contribution in [0, 0.1) is 6.92 Å². The molecule has 110 valence electrons. The maximum atomic E-state index is 4.28. The van der Waals surface area contributed by atoms with Gasteiger partial charge in [0, 0.05) is 26.2 Å². The second-order valence-electron chi connectivity index (χ2n) is 5.57. The largest absolute Gasteiger partial charge is 0.355 e. The standard InChI is InChI=1S/C16H26N4/c1-13-6-8-14(9-7-13)11-18-16(17-2)19-12-15-5-4-10-20(15)3/h6-9,15H,4-5,10-12H2,1-3H3,(H2,17,18,19). The van der Waals surface area contributed by atoms with Crippen LogP contribution < -0.4 is 10.6 Å². The number of rotatable bonds is 4. The van der Waals surface area contributed by atoms with Gasteiger partial charge in [-0.05, 0) is 38.9 Å². The number of nitrogens with one attached hydrogen (secondary N) is 2. The van der Waals surface area contributed by atoms with Gasteiger partial charge in [-0.25, -0.2) is 0 Å². The van der Waals surface area contributed by atoms with E-state index < -0.39 is 0 Å². The van der Waals surface area contributed by atoms with E-state index in [0.29, 0.717) is 6.04 Å². The fourth-order valence-electron chi connectivity index (χ4n) is 2.56. The summed E-state index contributed by atoms with van der Waals surface area (Å²) in [5, 5.41) is 6.78. The lowest BCUT2D eigenvalue weighted by molar-refractivity contribution is 0.309. The van der Waals surface area contributed by atoms with Crippen molar-refractivity contribution in [3.05, 3.63) is 35.4 Å². The number of hydrogen-bond acceptors (Lipinski definition) is 2. The van der Waals surface area contributed by atoms with Crippen LogP contribution in [-0.2, 0) is 6.54 Å². The first-order chi connectivity index (χ1) is 9.69. The highest BCUT2D eigenvalue weighted by Crippen LogP contribution is 2.13. The highest BCUT2D eigenvalue weighted by Gasteiger charge is 2.20. The summed E-state index contributed by atoms with van der Waals surface area (Å²) >= 11 is 0. The fraction of sp³-hybridized carbons (Fsp3) is 0.562. The Morgan fingerprint density at radius 2 is 2.05 bits per heavy atom. The van der Waals surface area contributed by atoms with Crippen LogP contribution in [0.5, 0.6) is 0 Å². The van der Waals surface area contributed by atoms with Crippen molar-refractivity contribution in [1.82, 2.24) is 15.5 Å². The highest BCUT2D eigenvalue weighted by molar-refractivity contribution is 5.79. The molecule has 0 aliphatic carbocycles. The van der Waals surface area contributed by atoms with Crippen molar-refractivity contribution in [1.29, 1.82) is 0 Å². The van der Waals surface area contributed by atoms with Crippen molar-refractivity contribution in [2.75, 3.05) is 27.2 Å². The zero-order chi connectivity index (χ0) is 14.4. The van der Waals surface area contributed by atoms with Gasteiger partial charge in [0.25, 0.3) is 0 Å². The van der Waals surface area contributed by atoms with E-state index >= 15 is 0 Å². The SMILES string of the molecule is CN=C(NCc1ccc(C)cc1)NCC1CCCN1C. The lowest BCUT2D eigenvalue weighted by Gasteiger charge is -2.21. The maximum absolute atomic E-state index is 4.28. The summed E-state index contributed by atoms with van der Waals surface area (Å²) in [7, 11) is 4.02. The van der Waals surface area contributed by atoms with Gasteiger partial charge in [0.2, 0.25) is 0 Å². The van der Waals surface area contributed by atoms with Crippen LogP contribution >= 0.6 is 0 Å². The van der Waals surface area contributed by atoms with Crippen molar-refractivity contribution in [3.8, 4) is 0 Å². The Hall–Kier alpha value is -1.55. The minimum absolute atomic E-state index is 0.632. The molecule has 1 saturated heterocycles. The lowest BCUT2D eigenvalue weighted by Crippen LogP contribution is -2.43. The molecule has 0 amide bonds. The lowest BCUT2D eigenvalue weighted by atomic mass is 10.1. The Kier molecular flexibility index (Phi) is 5.41. The van der Waals surface area contributed by atoms with Crippen LogP contribution in [0.4, 0.5) is 0 Å². The molecule has 0 aromatic heterocycles. The van der Waals surface area contributed by atoms with Crippen molar-refractivity contribution in [2.24, 2.45) is 4.99 Å². The first-order valence-corrected chi connectivity index (χ1v) is 7.39. The van der Waals surface area contributed by atoms with Gasteiger partial charge in [-0.15, -0.1) is 0 Å². The third kappa shape index (κ3) is 4.23. The van der Waals surface area contributed by atoms with E-state index in [-0.39, 0.29) is 0 Å². The number of hydrogen-bond donors (Lipinski definition) is 2. The van der Waals surface area contributed by atoms with Gasteiger partial charge < -0.3 is 15.5 Å². The van der Waals surface area contributed by atoms with Crippen molar-refractivity contribution < 1.29 is 0 Å². The zero-order valence-electron chi connectivity index (χ0n) is 12.8. The molecule has 1 atom stereocenters. The van der Waals surface area contributed by atoms with Crippen LogP contribution in [0.2, 0.25) is 0 Å². The van der Waals surface area contributed by atoms with Crippen LogP contribution in [0.25, 0.3) is 0 Å². The molecule has 1 heterocycles. The third-order valence-electron chi connectivity index (χ3n) is 3.98. The van der Waals surface area contributed by atoms with E-state index in [1.165, 1.54) is 30.5 Å². The molecular formula is C16H26N4. The third-order valence-corrected chi connectivity index (χ3v) is 3.98. The molecule has 4 heteroatoms. The first kappa shape index (κ1) is 14.9. The Labute approximate surface area is 122 Å². The predicted octanol–water partition coefficient (Wildman–Crippen LogP) is 1.75. The molecule has 0 saturated carbocycles. The Bertz CT molecular complexity index is 438. The summed E-state index contributed by atoms with van der Waals surface area (Å²) < 4.78 is 0. The number of likely N-dealkylation sites (tertiary alicyclic amines) is 1. The predicted molar refractivity (Wildman–Crippen MR) is 85.0 cm³/mol. The van der Waals surface area contributed by atoms with E-state index in [0.717, 1.165) is 19.0 Å². The Balaban J connectivity index is 1.76. The summed E-state index contributed by atoms with van der Waals surface area (Å²) in [6, 6.07) is 9.22. The Morgan fingerprint density at radius 1 is 1.30 bits per heavy atom. The van der Waals surface area contributed by atoms with Gasteiger partial charge in [0.1, 0.15) is 0 Å². The summed E-state index contributed by atoms with van der Waals surface area (Å²) in [6.07, 6.45) is 2.58. The second-order valence-corrected chi connectivity index (χ2v) is 5.57. The van der Waals surface area contributed by atoms with Crippen LogP contribution in [0.3, 0.4) is 0 Å². The van der Waals surface area contributed by atoms with Gasteiger partial charge >= 0.3 is 0 Å². The van der Waals surface area contributed by atoms with Gasteiger partial charge in [-0.2, -0.15) is 0 Å². The number of aryl methyl sites for hydroxylation is 1. The van der Waals surface area contributed by atoms with Gasteiger partial charge in [-0.3, -0.25) is 4.99 Å². The number of aliphatic imine (C=N–C) groups is 1. The molecular weight excluding hydrogens is 248 g/mol.